The van der Waals surface area contributed by atoms with Crippen LogP contribution in [-0.4, -0.2) is 77.4 Å². The van der Waals surface area contributed by atoms with Crippen molar-refractivity contribution in [2.75, 3.05) is 46.3 Å². The van der Waals surface area contributed by atoms with E-state index in [2.05, 4.69) is 11.9 Å². The van der Waals surface area contributed by atoms with Gasteiger partial charge in [0.15, 0.2) is 0 Å². The fraction of sp³-hybridized carbons (Fsp3) is 0.696. The van der Waals surface area contributed by atoms with Crippen LogP contribution < -0.4 is 5.56 Å². The van der Waals surface area contributed by atoms with Crippen LogP contribution in [0.3, 0.4) is 0 Å². The number of hydrogen-bond donors (Lipinski definition) is 0. The average molecular weight is 413 g/mol. The Kier molecular flexibility index (Phi) is 5.17. The van der Waals surface area contributed by atoms with E-state index in [1.807, 2.05) is 20.4 Å². The van der Waals surface area contributed by atoms with E-state index in [1.54, 1.807) is 6.07 Å². The number of nitrogens with zero attached hydrogens (tertiary/aromatic N) is 4. The molecule has 4 heterocycles. The van der Waals surface area contributed by atoms with Gasteiger partial charge in [0.05, 0.1) is 0 Å². The third kappa shape index (κ3) is 3.47. The van der Waals surface area contributed by atoms with Gasteiger partial charge in [-0.25, -0.2) is 0 Å². The van der Waals surface area contributed by atoms with Crippen molar-refractivity contribution in [1.82, 2.24) is 19.3 Å². The van der Waals surface area contributed by atoms with Crippen LogP contribution in [0.15, 0.2) is 16.9 Å². The Balaban J connectivity index is 1.37. The first-order valence-corrected chi connectivity index (χ1v) is 11.5. The van der Waals surface area contributed by atoms with E-state index < -0.39 is 0 Å². The van der Waals surface area contributed by atoms with Crippen molar-refractivity contribution in [1.29, 1.82) is 0 Å². The maximum absolute atomic E-state index is 13.3. The zero-order chi connectivity index (χ0) is 20.8. The molecule has 0 unspecified atom stereocenters. The SMILES string of the molecule is CN1CCCN(C(=O)c2ccc3n(c2=O)C[C@H]2C[C@@H]3CN(C(=O)C3CCC3)C2)CC1. The molecule has 30 heavy (non-hydrogen) atoms. The quantitative estimate of drug-likeness (QED) is 0.736. The molecule has 2 atom stereocenters. The summed E-state index contributed by atoms with van der Waals surface area (Å²) in [7, 11) is 2.07. The Hall–Kier alpha value is -2.15. The molecule has 1 aromatic rings. The molecule has 7 nitrogen and oxygen atoms in total. The summed E-state index contributed by atoms with van der Waals surface area (Å²) in [5, 5.41) is 0. The van der Waals surface area contributed by atoms with Crippen molar-refractivity contribution < 1.29 is 9.59 Å². The van der Waals surface area contributed by atoms with E-state index >= 15 is 0 Å². The monoisotopic (exact) mass is 412 g/mol. The number of likely N-dealkylation sites (tertiary alicyclic amines) is 1. The molecule has 0 aromatic carbocycles. The minimum atomic E-state index is -0.149. The standard InChI is InChI=1S/C23H32N4O3/c1-24-8-3-9-25(11-10-24)22(29)19-6-7-20-18-12-16(14-27(20)23(19)30)13-26(15-18)21(28)17-4-2-5-17/h6-7,16-18H,2-5,8-15H2,1H3/t16-,18+/m0/s1. The van der Waals surface area contributed by atoms with E-state index in [1.165, 1.54) is 6.42 Å². The lowest BCUT2D eigenvalue weighted by atomic mass is 9.80. The van der Waals surface area contributed by atoms with Gasteiger partial charge in [-0.1, -0.05) is 6.42 Å². The van der Waals surface area contributed by atoms with Crippen molar-refractivity contribution in [3.05, 3.63) is 33.7 Å². The van der Waals surface area contributed by atoms with Crippen molar-refractivity contribution in [3.8, 4) is 0 Å². The smallest absolute Gasteiger partial charge is 0.263 e. The van der Waals surface area contributed by atoms with Crippen molar-refractivity contribution in [2.24, 2.45) is 11.8 Å². The molecular formula is C23H32N4O3. The third-order valence-electron chi connectivity index (χ3n) is 7.61. The summed E-state index contributed by atoms with van der Waals surface area (Å²) >= 11 is 0. The van der Waals surface area contributed by atoms with Crippen LogP contribution in [0.1, 0.15) is 54.1 Å². The molecular weight excluding hydrogens is 380 g/mol. The second-order valence-corrected chi connectivity index (χ2v) is 9.71. The largest absolute Gasteiger partial charge is 0.341 e. The van der Waals surface area contributed by atoms with Gasteiger partial charge in [-0.2, -0.15) is 0 Å². The van der Waals surface area contributed by atoms with E-state index in [-0.39, 0.29) is 23.3 Å². The Labute approximate surface area is 177 Å². The summed E-state index contributed by atoms with van der Waals surface area (Å²) in [6, 6.07) is 3.70. The summed E-state index contributed by atoms with van der Waals surface area (Å²) in [6.07, 6.45) is 5.18. The molecule has 1 aliphatic carbocycles. The number of carbonyl (C=O) groups is 2. The van der Waals surface area contributed by atoms with Gasteiger partial charge >= 0.3 is 0 Å². The van der Waals surface area contributed by atoms with E-state index in [9.17, 15) is 14.4 Å². The van der Waals surface area contributed by atoms with Crippen LogP contribution in [-0.2, 0) is 11.3 Å². The maximum Gasteiger partial charge on any atom is 0.263 e. The van der Waals surface area contributed by atoms with Crippen LogP contribution in [0.4, 0.5) is 0 Å². The Morgan fingerprint density at radius 3 is 2.53 bits per heavy atom. The van der Waals surface area contributed by atoms with Crippen LogP contribution in [0.25, 0.3) is 0 Å². The number of piperidine rings is 1. The lowest BCUT2D eigenvalue weighted by Gasteiger charge is -2.44. The summed E-state index contributed by atoms with van der Waals surface area (Å²) in [5.74, 6) is 0.895. The molecule has 3 aliphatic heterocycles. The van der Waals surface area contributed by atoms with E-state index in [0.717, 1.165) is 51.0 Å². The van der Waals surface area contributed by atoms with Gasteiger partial charge in [-0.15, -0.1) is 0 Å². The molecule has 1 saturated carbocycles. The van der Waals surface area contributed by atoms with Crippen LogP contribution >= 0.6 is 0 Å². The Morgan fingerprint density at radius 2 is 1.77 bits per heavy atom. The molecule has 0 radical (unpaired) electrons. The number of fused-ring (bicyclic) bond motifs is 4. The minimum Gasteiger partial charge on any atom is -0.341 e. The van der Waals surface area contributed by atoms with Crippen molar-refractivity contribution in [3.63, 3.8) is 0 Å². The molecule has 0 spiro atoms. The van der Waals surface area contributed by atoms with E-state index in [4.69, 9.17) is 0 Å². The zero-order valence-corrected chi connectivity index (χ0v) is 17.9. The van der Waals surface area contributed by atoms with Gasteiger partial charge in [-0.05, 0) is 57.3 Å². The number of hydrogen-bond acceptors (Lipinski definition) is 4. The lowest BCUT2D eigenvalue weighted by molar-refractivity contribution is -0.141. The topological polar surface area (TPSA) is 65.9 Å². The van der Waals surface area contributed by atoms with Gasteiger partial charge in [0.1, 0.15) is 5.56 Å². The van der Waals surface area contributed by atoms with Crippen LogP contribution in [0.5, 0.6) is 0 Å². The van der Waals surface area contributed by atoms with Crippen molar-refractivity contribution >= 4 is 11.8 Å². The molecule has 2 amide bonds. The molecule has 1 aromatic heterocycles. The first-order valence-electron chi connectivity index (χ1n) is 11.5. The number of likely N-dealkylation sites (N-methyl/N-ethyl adjacent to an activating group) is 1. The lowest BCUT2D eigenvalue weighted by Crippen LogP contribution is -2.51. The highest BCUT2D eigenvalue weighted by molar-refractivity contribution is 5.94. The maximum atomic E-state index is 13.3. The van der Waals surface area contributed by atoms with Crippen molar-refractivity contribution in [2.45, 2.75) is 44.6 Å². The number of rotatable bonds is 2. The normalized spacial score (nSPS) is 27.2. The highest BCUT2D eigenvalue weighted by Gasteiger charge is 2.39. The Bertz CT molecular complexity index is 906. The first-order chi connectivity index (χ1) is 14.5. The van der Waals surface area contributed by atoms with Gasteiger partial charge in [-0.3, -0.25) is 14.4 Å². The minimum absolute atomic E-state index is 0.136. The number of aromatic nitrogens is 1. The molecule has 5 rings (SSSR count). The highest BCUT2D eigenvalue weighted by atomic mass is 16.2. The van der Waals surface area contributed by atoms with Gasteiger partial charge < -0.3 is 19.3 Å². The fourth-order valence-corrected chi connectivity index (χ4v) is 5.62. The predicted octanol–water partition coefficient (Wildman–Crippen LogP) is 1.37. The zero-order valence-electron chi connectivity index (χ0n) is 17.9. The van der Waals surface area contributed by atoms with Gasteiger partial charge in [0, 0.05) is 56.8 Å². The second kappa shape index (κ2) is 7.84. The molecule has 2 saturated heterocycles. The predicted molar refractivity (Wildman–Crippen MR) is 113 cm³/mol. The summed E-state index contributed by atoms with van der Waals surface area (Å²) in [4.78, 5) is 45.3. The second-order valence-electron chi connectivity index (χ2n) is 9.71. The molecule has 162 valence electrons. The third-order valence-corrected chi connectivity index (χ3v) is 7.61. The summed E-state index contributed by atoms with van der Waals surface area (Å²) < 4.78 is 1.83. The molecule has 7 heteroatoms. The number of pyridine rings is 1. The Morgan fingerprint density at radius 1 is 0.933 bits per heavy atom. The molecule has 0 N–H and O–H groups in total. The van der Waals surface area contributed by atoms with Crippen LogP contribution in [0.2, 0.25) is 0 Å². The summed E-state index contributed by atoms with van der Waals surface area (Å²) in [6.45, 7) is 5.25. The molecule has 3 fully saturated rings. The number of amides is 2. The van der Waals surface area contributed by atoms with E-state index in [0.29, 0.717) is 43.6 Å². The number of carbonyl (C=O) groups excluding carboxylic acids is 2. The van der Waals surface area contributed by atoms with Crippen LogP contribution in [0, 0.1) is 11.8 Å². The fourth-order valence-electron chi connectivity index (χ4n) is 5.62. The van der Waals surface area contributed by atoms with Gasteiger partial charge in [0.2, 0.25) is 5.91 Å². The first kappa shape index (κ1) is 19.8. The average Bonchev–Trinajstić information content (AvgIpc) is 2.91. The molecule has 2 bridgehead atoms. The summed E-state index contributed by atoms with van der Waals surface area (Å²) in [5.41, 5.74) is 1.14. The molecule has 4 aliphatic rings. The highest BCUT2D eigenvalue weighted by Crippen LogP contribution is 2.37. The van der Waals surface area contributed by atoms with Gasteiger partial charge in [0.25, 0.3) is 11.5 Å².